The number of aromatic amines is 1. The molecule has 0 amide bonds. The number of carbonyl (C=O) groups excluding carboxylic acids is 1. The average Bonchev–Trinajstić information content (AvgIpc) is 2.97. The highest BCUT2D eigenvalue weighted by Gasteiger charge is 2.12. The first kappa shape index (κ1) is 20.3. The summed E-state index contributed by atoms with van der Waals surface area (Å²) in [7, 11) is 0. The third-order valence-corrected chi connectivity index (χ3v) is 2.61. The molecule has 0 saturated carbocycles. The Labute approximate surface area is 138 Å². The fourth-order valence-electron chi connectivity index (χ4n) is 1.72. The van der Waals surface area contributed by atoms with Gasteiger partial charge in [-0.25, -0.2) is 4.98 Å². The maximum absolute atomic E-state index is 12.4. The van der Waals surface area contributed by atoms with Crippen molar-refractivity contribution < 1.29 is 4.79 Å². The van der Waals surface area contributed by atoms with E-state index < -0.39 is 0 Å². The molecular formula is C20H26N2O. The molecule has 1 heterocycles. The van der Waals surface area contributed by atoms with Crippen LogP contribution in [-0.2, 0) is 0 Å². The van der Waals surface area contributed by atoms with E-state index in [1.807, 2.05) is 45.9 Å². The van der Waals surface area contributed by atoms with Crippen LogP contribution < -0.4 is 10.7 Å². The number of carbonyl (C=O) groups is 1. The summed E-state index contributed by atoms with van der Waals surface area (Å²) < 4.78 is 0. The molecule has 0 fully saturated rings. The van der Waals surface area contributed by atoms with Crippen LogP contribution in [-0.4, -0.2) is 15.8 Å². The number of Topliss-reactive ketones (excluding diaryl/α,β-unsaturated/α-hetero) is 1. The highest BCUT2D eigenvalue weighted by Crippen LogP contribution is 2.04. The van der Waals surface area contributed by atoms with Crippen LogP contribution in [0.25, 0.3) is 12.2 Å². The van der Waals surface area contributed by atoms with Crippen molar-refractivity contribution in [1.82, 2.24) is 9.97 Å². The topological polar surface area (TPSA) is 45.8 Å². The van der Waals surface area contributed by atoms with E-state index in [9.17, 15) is 4.79 Å². The minimum atomic E-state index is -0.174. The first-order valence-electron chi connectivity index (χ1n) is 7.69. The van der Waals surface area contributed by atoms with Crippen LogP contribution in [0.3, 0.4) is 0 Å². The van der Waals surface area contributed by atoms with Gasteiger partial charge in [-0.15, -0.1) is 0 Å². The predicted molar refractivity (Wildman–Crippen MR) is 101 cm³/mol. The average molecular weight is 310 g/mol. The standard InChI is InChI=1S/C18H20N2O.C2H6/c1-5-9-13-16-15(12-8-4)19-18(20-16)17(21)14(10-6-2)11-7-3;1-2/h5-13H,2,4H2,1,3H3,(H,19,20);1-2H3/b9-5-,11-7-,14-10+,15-12+,16-13+;. The van der Waals surface area contributed by atoms with Gasteiger partial charge in [-0.1, -0.05) is 69.5 Å². The van der Waals surface area contributed by atoms with Crippen molar-refractivity contribution in [2.24, 2.45) is 0 Å². The number of hydrogen-bond donors (Lipinski definition) is 1. The smallest absolute Gasteiger partial charge is 0.228 e. The molecule has 23 heavy (non-hydrogen) atoms. The first-order chi connectivity index (χ1) is 11.2. The molecule has 1 aromatic rings. The normalized spacial score (nSPS) is 13.3. The third kappa shape index (κ3) is 6.30. The molecule has 0 aliphatic carbocycles. The molecule has 1 rings (SSSR count). The number of hydrogen-bond acceptors (Lipinski definition) is 2. The Morgan fingerprint density at radius 2 is 1.78 bits per heavy atom. The molecule has 0 radical (unpaired) electrons. The summed E-state index contributed by atoms with van der Waals surface area (Å²) in [6, 6.07) is 0. The summed E-state index contributed by atoms with van der Waals surface area (Å²) in [5.41, 5.74) is 0.531. The number of aromatic nitrogens is 2. The van der Waals surface area contributed by atoms with Crippen molar-refractivity contribution in [2.45, 2.75) is 27.7 Å². The Kier molecular flexibility index (Phi) is 10.5. The zero-order valence-electron chi connectivity index (χ0n) is 14.5. The van der Waals surface area contributed by atoms with Crippen molar-refractivity contribution >= 4 is 17.9 Å². The van der Waals surface area contributed by atoms with Crippen LogP contribution in [0.15, 0.2) is 61.3 Å². The van der Waals surface area contributed by atoms with Gasteiger partial charge in [-0.05, 0) is 26.0 Å². The number of imidazole rings is 1. The fraction of sp³-hybridized carbons (Fsp3) is 0.200. The zero-order valence-corrected chi connectivity index (χ0v) is 14.5. The lowest BCUT2D eigenvalue weighted by Gasteiger charge is -1.96. The minimum absolute atomic E-state index is 0.174. The van der Waals surface area contributed by atoms with Crippen molar-refractivity contribution in [2.75, 3.05) is 0 Å². The van der Waals surface area contributed by atoms with Gasteiger partial charge in [0.05, 0.1) is 10.7 Å². The predicted octanol–water partition coefficient (Wildman–Crippen LogP) is 3.63. The number of ketones is 1. The van der Waals surface area contributed by atoms with Gasteiger partial charge in [0.1, 0.15) is 0 Å². The maximum atomic E-state index is 12.4. The van der Waals surface area contributed by atoms with Crippen LogP contribution >= 0.6 is 0 Å². The van der Waals surface area contributed by atoms with Gasteiger partial charge in [-0.2, -0.15) is 0 Å². The monoisotopic (exact) mass is 310 g/mol. The minimum Gasteiger partial charge on any atom is -0.335 e. The van der Waals surface area contributed by atoms with Gasteiger partial charge in [0.15, 0.2) is 5.82 Å². The van der Waals surface area contributed by atoms with E-state index in [1.54, 1.807) is 36.5 Å². The molecule has 1 N–H and O–H groups in total. The third-order valence-electron chi connectivity index (χ3n) is 2.61. The molecule has 1 aromatic heterocycles. The highest BCUT2D eigenvalue weighted by molar-refractivity contribution is 6.08. The van der Waals surface area contributed by atoms with Crippen molar-refractivity contribution in [3.05, 3.63) is 77.8 Å². The Balaban J connectivity index is 0.00000232. The van der Waals surface area contributed by atoms with Crippen molar-refractivity contribution in [3.63, 3.8) is 0 Å². The van der Waals surface area contributed by atoms with Crippen LogP contribution in [0, 0.1) is 0 Å². The lowest BCUT2D eigenvalue weighted by Crippen LogP contribution is -2.23. The Hall–Kier alpha value is -2.68. The molecule has 0 aliphatic heterocycles. The summed E-state index contributed by atoms with van der Waals surface area (Å²) in [5, 5.41) is 1.46. The Morgan fingerprint density at radius 1 is 1.09 bits per heavy atom. The Morgan fingerprint density at radius 3 is 2.30 bits per heavy atom. The lowest BCUT2D eigenvalue weighted by molar-refractivity contribution is 0.102. The lowest BCUT2D eigenvalue weighted by atomic mass is 10.1. The highest BCUT2D eigenvalue weighted by atomic mass is 16.1. The summed E-state index contributed by atoms with van der Waals surface area (Å²) in [6.45, 7) is 15.1. The molecule has 3 heteroatoms. The van der Waals surface area contributed by atoms with Gasteiger partial charge in [-0.3, -0.25) is 4.79 Å². The van der Waals surface area contributed by atoms with E-state index in [0.29, 0.717) is 16.7 Å². The molecule has 0 atom stereocenters. The summed E-state index contributed by atoms with van der Waals surface area (Å²) in [4.78, 5) is 19.8. The number of H-pyrrole nitrogens is 1. The molecule has 0 bridgehead atoms. The summed E-state index contributed by atoms with van der Waals surface area (Å²) in [6.07, 6.45) is 15.8. The van der Waals surface area contributed by atoms with Gasteiger partial charge in [0.2, 0.25) is 5.78 Å². The van der Waals surface area contributed by atoms with Gasteiger partial charge in [0, 0.05) is 5.57 Å². The van der Waals surface area contributed by atoms with Crippen LogP contribution in [0.1, 0.15) is 38.3 Å². The Bertz CT molecular complexity index is 728. The molecule has 0 spiro atoms. The van der Waals surface area contributed by atoms with E-state index in [-0.39, 0.29) is 5.78 Å². The number of nitrogens with one attached hydrogen (secondary N) is 1. The number of rotatable bonds is 6. The van der Waals surface area contributed by atoms with E-state index in [4.69, 9.17) is 0 Å². The molecule has 0 saturated heterocycles. The van der Waals surface area contributed by atoms with E-state index in [0.717, 1.165) is 5.35 Å². The van der Waals surface area contributed by atoms with E-state index >= 15 is 0 Å². The van der Waals surface area contributed by atoms with Gasteiger partial charge >= 0.3 is 0 Å². The molecule has 122 valence electrons. The molecule has 0 aliphatic rings. The second-order valence-corrected chi connectivity index (χ2v) is 4.17. The largest absolute Gasteiger partial charge is 0.335 e. The van der Waals surface area contributed by atoms with Crippen molar-refractivity contribution in [1.29, 1.82) is 0 Å². The second kappa shape index (κ2) is 11.9. The van der Waals surface area contributed by atoms with Crippen LogP contribution in [0.2, 0.25) is 0 Å². The first-order valence-corrected chi connectivity index (χ1v) is 7.69. The quantitative estimate of drug-likeness (QED) is 0.495. The SMILES string of the molecule is C=C/C=C(\C=C/C)C(=O)c1nc(=C/C=C\C)/c(=C\C=C)[nH]1.CC. The number of nitrogens with zero attached hydrogens (tertiary/aromatic N) is 1. The molecular weight excluding hydrogens is 284 g/mol. The van der Waals surface area contributed by atoms with E-state index in [1.165, 1.54) is 0 Å². The maximum Gasteiger partial charge on any atom is 0.228 e. The summed E-state index contributed by atoms with van der Waals surface area (Å²) >= 11 is 0. The van der Waals surface area contributed by atoms with E-state index in [2.05, 4.69) is 23.1 Å². The van der Waals surface area contributed by atoms with Crippen LogP contribution in [0.5, 0.6) is 0 Å². The van der Waals surface area contributed by atoms with Gasteiger partial charge in [0.25, 0.3) is 0 Å². The number of allylic oxidation sites excluding steroid dienone is 8. The summed E-state index contributed by atoms with van der Waals surface area (Å²) in [5.74, 6) is 0.122. The van der Waals surface area contributed by atoms with Crippen LogP contribution in [0.4, 0.5) is 0 Å². The molecule has 3 nitrogen and oxygen atoms in total. The molecule has 0 aromatic carbocycles. The van der Waals surface area contributed by atoms with Gasteiger partial charge < -0.3 is 4.98 Å². The van der Waals surface area contributed by atoms with Crippen molar-refractivity contribution in [3.8, 4) is 0 Å². The zero-order chi connectivity index (χ0) is 17.7. The second-order valence-electron chi connectivity index (χ2n) is 4.17. The fourth-order valence-corrected chi connectivity index (χ4v) is 1.72. The molecule has 0 unspecified atom stereocenters.